The number of halogens is 4. The number of rotatable bonds is 2. The minimum atomic E-state index is -4.42. The molecule has 2 aromatic rings. The molecule has 0 aliphatic rings. The van der Waals surface area contributed by atoms with Gasteiger partial charge in [0.15, 0.2) is 0 Å². The molecule has 2 nitrogen and oxygen atoms in total. The smallest absolute Gasteiger partial charge is 0.366 e. The van der Waals surface area contributed by atoms with Crippen LogP contribution in [0.1, 0.15) is 15.9 Å². The molecule has 2 rings (SSSR count). The summed E-state index contributed by atoms with van der Waals surface area (Å²) in [5.41, 5.74) is 4.77. The SMILES string of the molecule is NC(=O)c1cc(-c2ccc(C(F)(F)F)cc2)ccc1F. The molecule has 0 aromatic heterocycles. The molecule has 0 heterocycles. The van der Waals surface area contributed by atoms with E-state index in [0.29, 0.717) is 11.1 Å². The van der Waals surface area contributed by atoms with Crippen LogP contribution in [-0.4, -0.2) is 5.91 Å². The lowest BCUT2D eigenvalue weighted by Crippen LogP contribution is -2.13. The molecule has 0 saturated carbocycles. The molecule has 0 unspecified atom stereocenters. The zero-order valence-electron chi connectivity index (χ0n) is 10.0. The first kappa shape index (κ1) is 14.0. The second-order valence-electron chi connectivity index (χ2n) is 4.13. The summed E-state index contributed by atoms with van der Waals surface area (Å²) in [5, 5.41) is 0. The number of benzene rings is 2. The first-order valence-electron chi connectivity index (χ1n) is 5.56. The summed E-state index contributed by atoms with van der Waals surface area (Å²) < 4.78 is 50.6. The summed E-state index contributed by atoms with van der Waals surface area (Å²) in [6, 6.07) is 7.96. The molecule has 2 aromatic carbocycles. The van der Waals surface area contributed by atoms with Crippen molar-refractivity contribution in [2.75, 3.05) is 0 Å². The van der Waals surface area contributed by atoms with Gasteiger partial charge in [0, 0.05) is 0 Å². The Kier molecular flexibility index (Phi) is 3.48. The van der Waals surface area contributed by atoms with Crippen molar-refractivity contribution in [2.24, 2.45) is 5.73 Å². The monoisotopic (exact) mass is 283 g/mol. The number of hydrogen-bond donors (Lipinski definition) is 1. The van der Waals surface area contributed by atoms with E-state index in [1.165, 1.54) is 24.3 Å². The lowest BCUT2D eigenvalue weighted by atomic mass is 10.0. The maximum absolute atomic E-state index is 13.3. The first-order chi connectivity index (χ1) is 9.29. The second kappa shape index (κ2) is 4.96. The van der Waals surface area contributed by atoms with Crippen LogP contribution in [0.25, 0.3) is 11.1 Å². The van der Waals surface area contributed by atoms with E-state index in [0.717, 1.165) is 18.2 Å². The Hall–Kier alpha value is -2.37. The molecular weight excluding hydrogens is 274 g/mol. The molecule has 104 valence electrons. The molecule has 6 heteroatoms. The lowest BCUT2D eigenvalue weighted by molar-refractivity contribution is -0.137. The number of carbonyl (C=O) groups is 1. The molecule has 0 aliphatic heterocycles. The van der Waals surface area contributed by atoms with Crippen LogP contribution < -0.4 is 5.73 Å². The third kappa shape index (κ3) is 2.79. The summed E-state index contributed by atoms with van der Waals surface area (Å²) in [6.45, 7) is 0. The van der Waals surface area contributed by atoms with Crippen LogP contribution >= 0.6 is 0 Å². The van der Waals surface area contributed by atoms with E-state index in [2.05, 4.69) is 0 Å². The highest BCUT2D eigenvalue weighted by molar-refractivity contribution is 5.94. The van der Waals surface area contributed by atoms with Crippen LogP contribution in [0.4, 0.5) is 17.6 Å². The number of amides is 1. The molecule has 20 heavy (non-hydrogen) atoms. The number of carbonyl (C=O) groups excluding carboxylic acids is 1. The van der Waals surface area contributed by atoms with Crippen molar-refractivity contribution in [3.05, 3.63) is 59.4 Å². The number of nitrogens with two attached hydrogens (primary N) is 1. The Morgan fingerprint density at radius 2 is 1.50 bits per heavy atom. The molecule has 0 radical (unpaired) electrons. The average Bonchev–Trinajstić information content (AvgIpc) is 2.38. The van der Waals surface area contributed by atoms with Gasteiger partial charge in [-0.2, -0.15) is 13.2 Å². The van der Waals surface area contributed by atoms with Crippen molar-refractivity contribution < 1.29 is 22.4 Å². The Balaban J connectivity index is 2.42. The minimum Gasteiger partial charge on any atom is -0.366 e. The minimum absolute atomic E-state index is 0.303. The van der Waals surface area contributed by atoms with E-state index < -0.39 is 23.5 Å². The zero-order valence-corrected chi connectivity index (χ0v) is 10.0. The van der Waals surface area contributed by atoms with Gasteiger partial charge in [0.2, 0.25) is 0 Å². The molecule has 0 atom stereocenters. The highest BCUT2D eigenvalue weighted by Crippen LogP contribution is 2.31. The third-order valence-corrected chi connectivity index (χ3v) is 2.78. The van der Waals surface area contributed by atoms with Crippen LogP contribution in [0.3, 0.4) is 0 Å². The molecule has 0 spiro atoms. The fourth-order valence-electron chi connectivity index (χ4n) is 1.75. The van der Waals surface area contributed by atoms with Crippen molar-refractivity contribution >= 4 is 5.91 Å². The second-order valence-corrected chi connectivity index (χ2v) is 4.13. The highest BCUT2D eigenvalue weighted by atomic mass is 19.4. The van der Waals surface area contributed by atoms with Gasteiger partial charge < -0.3 is 5.73 Å². The Morgan fingerprint density at radius 1 is 0.950 bits per heavy atom. The van der Waals surface area contributed by atoms with Gasteiger partial charge >= 0.3 is 6.18 Å². The number of alkyl halides is 3. The first-order valence-corrected chi connectivity index (χ1v) is 5.56. The van der Waals surface area contributed by atoms with Crippen molar-refractivity contribution in [3.63, 3.8) is 0 Å². The summed E-state index contributed by atoms with van der Waals surface area (Å²) in [4.78, 5) is 11.0. The van der Waals surface area contributed by atoms with Crippen LogP contribution in [0.5, 0.6) is 0 Å². The van der Waals surface area contributed by atoms with Crippen molar-refractivity contribution in [2.45, 2.75) is 6.18 Å². The van der Waals surface area contributed by atoms with Gasteiger partial charge in [-0.3, -0.25) is 4.79 Å². The predicted molar refractivity (Wildman–Crippen MR) is 65.4 cm³/mol. The van der Waals surface area contributed by atoms with Gasteiger partial charge in [-0.1, -0.05) is 18.2 Å². The van der Waals surface area contributed by atoms with Crippen LogP contribution in [-0.2, 0) is 6.18 Å². The van der Waals surface area contributed by atoms with Crippen LogP contribution in [0, 0.1) is 5.82 Å². The molecule has 0 fully saturated rings. The lowest BCUT2D eigenvalue weighted by Gasteiger charge is -2.08. The number of hydrogen-bond acceptors (Lipinski definition) is 1. The Bertz CT molecular complexity index is 647. The fourth-order valence-corrected chi connectivity index (χ4v) is 1.75. The van der Waals surface area contributed by atoms with E-state index in [9.17, 15) is 22.4 Å². The number of primary amides is 1. The van der Waals surface area contributed by atoms with Crippen molar-refractivity contribution in [1.82, 2.24) is 0 Å². The summed E-state index contributed by atoms with van der Waals surface area (Å²) in [6.07, 6.45) is -4.42. The van der Waals surface area contributed by atoms with Gasteiger partial charge in [0.05, 0.1) is 11.1 Å². The van der Waals surface area contributed by atoms with Gasteiger partial charge in [-0.15, -0.1) is 0 Å². The Morgan fingerprint density at radius 3 is 2.00 bits per heavy atom. The molecule has 0 saturated heterocycles. The molecule has 2 N–H and O–H groups in total. The zero-order chi connectivity index (χ0) is 14.9. The molecular formula is C14H9F4NO. The standard InChI is InChI=1S/C14H9F4NO/c15-12-6-3-9(7-11(12)13(19)20)8-1-4-10(5-2-8)14(16,17)18/h1-7H,(H2,19,20). The maximum Gasteiger partial charge on any atom is 0.416 e. The average molecular weight is 283 g/mol. The summed E-state index contributed by atoms with van der Waals surface area (Å²) in [5.74, 6) is -1.70. The quantitative estimate of drug-likeness (QED) is 0.841. The Labute approximate surface area is 111 Å². The third-order valence-electron chi connectivity index (χ3n) is 2.78. The normalized spacial score (nSPS) is 11.4. The summed E-state index contributed by atoms with van der Waals surface area (Å²) >= 11 is 0. The van der Waals surface area contributed by atoms with Crippen molar-refractivity contribution in [1.29, 1.82) is 0 Å². The fraction of sp³-hybridized carbons (Fsp3) is 0.0714. The topological polar surface area (TPSA) is 43.1 Å². The van der Waals surface area contributed by atoms with Crippen LogP contribution in [0.15, 0.2) is 42.5 Å². The van der Waals surface area contributed by atoms with Gasteiger partial charge in [0.1, 0.15) is 5.82 Å². The van der Waals surface area contributed by atoms with Crippen LogP contribution in [0.2, 0.25) is 0 Å². The summed E-state index contributed by atoms with van der Waals surface area (Å²) in [7, 11) is 0. The molecule has 0 aliphatic carbocycles. The largest absolute Gasteiger partial charge is 0.416 e. The van der Waals surface area contributed by atoms with E-state index >= 15 is 0 Å². The van der Waals surface area contributed by atoms with E-state index in [1.807, 2.05) is 0 Å². The van der Waals surface area contributed by atoms with Gasteiger partial charge in [-0.25, -0.2) is 4.39 Å². The maximum atomic E-state index is 13.3. The van der Waals surface area contributed by atoms with Crippen molar-refractivity contribution in [3.8, 4) is 11.1 Å². The van der Waals surface area contributed by atoms with E-state index in [1.54, 1.807) is 0 Å². The van der Waals surface area contributed by atoms with Gasteiger partial charge in [-0.05, 0) is 35.4 Å². The van der Waals surface area contributed by atoms with E-state index in [4.69, 9.17) is 5.73 Å². The van der Waals surface area contributed by atoms with Gasteiger partial charge in [0.25, 0.3) is 5.91 Å². The highest BCUT2D eigenvalue weighted by Gasteiger charge is 2.29. The molecule has 1 amide bonds. The van der Waals surface area contributed by atoms with E-state index in [-0.39, 0.29) is 5.56 Å². The molecule has 0 bridgehead atoms. The predicted octanol–water partition coefficient (Wildman–Crippen LogP) is 3.61.